The van der Waals surface area contributed by atoms with Gasteiger partial charge in [0.05, 0.1) is 20.3 Å². The van der Waals surface area contributed by atoms with Crippen LogP contribution in [0, 0.1) is 5.82 Å². The molecule has 1 saturated heterocycles. The first kappa shape index (κ1) is 31.7. The Balaban J connectivity index is 1.67. The Hall–Kier alpha value is -3.26. The minimum absolute atomic E-state index is 0.0190. The lowest BCUT2D eigenvalue weighted by molar-refractivity contribution is -0.120. The van der Waals surface area contributed by atoms with Gasteiger partial charge in [-0.05, 0) is 69.2 Å². The lowest BCUT2D eigenvalue weighted by Crippen LogP contribution is -2.49. The molecule has 1 atom stereocenters. The molecule has 1 aromatic heterocycles. The van der Waals surface area contributed by atoms with Gasteiger partial charge in [0.15, 0.2) is 9.84 Å². The predicted molar refractivity (Wildman–Crippen MR) is 161 cm³/mol. The monoisotopic (exact) mass is 654 g/mol. The fourth-order valence-electron chi connectivity index (χ4n) is 4.40. The average molecular weight is 655 g/mol. The number of carbonyl (C=O) groups is 2. The first-order valence-corrected chi connectivity index (χ1v) is 17.2. The third-order valence-corrected chi connectivity index (χ3v) is 9.93. The molecule has 9 nitrogen and oxygen atoms in total. The summed E-state index contributed by atoms with van der Waals surface area (Å²) in [6, 6.07) is 11.7. The summed E-state index contributed by atoms with van der Waals surface area (Å²) in [5.41, 5.74) is -0.649. The highest BCUT2D eigenvalue weighted by Gasteiger charge is 2.46. The van der Waals surface area contributed by atoms with Gasteiger partial charge in [0.2, 0.25) is 0 Å². The van der Waals surface area contributed by atoms with Gasteiger partial charge in [0, 0.05) is 23.2 Å². The maximum atomic E-state index is 15.5. The quantitative estimate of drug-likeness (QED) is 0.309. The number of thiophene rings is 1. The molecule has 3 aromatic rings. The standard InChI is InChI=1S/C28H28ClFN2O7S3/c1-28(2,3)39-27(34)32(42(37,38)16-14-19-10-12-25(29)40-19)23-13-15-31(26(23)33)22-11-9-18(17-21(22)30)20-7-5-6-8-24(20)41(4,35)36/h5-12,14,16-17,23H,13,15H2,1-4H3/t23-/m0/s1. The molecular formula is C28H28ClFN2O7S3. The molecule has 224 valence electrons. The zero-order valence-electron chi connectivity index (χ0n) is 23.1. The molecule has 4 rings (SSSR count). The second kappa shape index (κ2) is 11.8. The topological polar surface area (TPSA) is 118 Å². The number of sulfone groups is 1. The Morgan fingerprint density at radius 1 is 1.12 bits per heavy atom. The molecule has 2 aromatic carbocycles. The van der Waals surface area contributed by atoms with E-state index in [2.05, 4.69) is 0 Å². The number of ether oxygens (including phenoxy) is 1. The van der Waals surface area contributed by atoms with Crippen LogP contribution in [0.25, 0.3) is 17.2 Å². The smallest absolute Gasteiger partial charge is 0.425 e. The average Bonchev–Trinajstić information content (AvgIpc) is 3.46. The number of halogens is 2. The van der Waals surface area contributed by atoms with Crippen molar-refractivity contribution in [3.63, 3.8) is 0 Å². The lowest BCUT2D eigenvalue weighted by atomic mass is 10.0. The minimum atomic E-state index is -4.53. The van der Waals surface area contributed by atoms with Crippen LogP contribution in [0.5, 0.6) is 0 Å². The van der Waals surface area contributed by atoms with Gasteiger partial charge < -0.3 is 9.64 Å². The summed E-state index contributed by atoms with van der Waals surface area (Å²) in [7, 11) is -8.14. The number of nitrogens with zero attached hydrogens (tertiary/aromatic N) is 2. The third kappa shape index (κ3) is 7.02. The van der Waals surface area contributed by atoms with E-state index in [1.807, 2.05) is 0 Å². The third-order valence-electron chi connectivity index (χ3n) is 6.14. The van der Waals surface area contributed by atoms with E-state index in [9.17, 15) is 26.4 Å². The van der Waals surface area contributed by atoms with E-state index in [0.29, 0.717) is 13.5 Å². The molecule has 0 aliphatic carbocycles. The van der Waals surface area contributed by atoms with Crippen molar-refractivity contribution in [3.8, 4) is 11.1 Å². The van der Waals surface area contributed by atoms with E-state index in [1.54, 1.807) is 51.1 Å². The fourth-order valence-corrected chi connectivity index (χ4v) is 7.60. The van der Waals surface area contributed by atoms with Crippen LogP contribution < -0.4 is 4.90 Å². The summed E-state index contributed by atoms with van der Waals surface area (Å²) >= 11 is 7.04. The van der Waals surface area contributed by atoms with Crippen molar-refractivity contribution in [2.45, 2.75) is 43.7 Å². The van der Waals surface area contributed by atoms with E-state index in [-0.39, 0.29) is 34.7 Å². The maximum Gasteiger partial charge on any atom is 0.425 e. The van der Waals surface area contributed by atoms with E-state index in [1.165, 1.54) is 24.3 Å². The van der Waals surface area contributed by atoms with Crippen LogP contribution in [0.3, 0.4) is 0 Å². The summed E-state index contributed by atoms with van der Waals surface area (Å²) in [4.78, 5) is 28.3. The molecule has 0 radical (unpaired) electrons. The fraction of sp³-hybridized carbons (Fsp3) is 0.286. The molecule has 1 aliphatic heterocycles. The molecule has 1 aliphatic rings. The molecule has 42 heavy (non-hydrogen) atoms. The molecule has 0 unspecified atom stereocenters. The van der Waals surface area contributed by atoms with Crippen LogP contribution in [0.2, 0.25) is 4.34 Å². The molecule has 1 fully saturated rings. The van der Waals surface area contributed by atoms with Crippen LogP contribution in [0.1, 0.15) is 32.1 Å². The summed E-state index contributed by atoms with van der Waals surface area (Å²) in [6.07, 6.45) is 0.945. The Morgan fingerprint density at radius 3 is 2.40 bits per heavy atom. The number of anilines is 1. The van der Waals surface area contributed by atoms with Gasteiger partial charge in [-0.15, -0.1) is 11.3 Å². The Kier molecular flexibility index (Phi) is 8.89. The number of sulfonamides is 1. The van der Waals surface area contributed by atoms with Crippen molar-refractivity contribution in [2.75, 3.05) is 17.7 Å². The zero-order valence-corrected chi connectivity index (χ0v) is 26.3. The highest BCUT2D eigenvalue weighted by Crippen LogP contribution is 2.34. The maximum absolute atomic E-state index is 15.5. The van der Waals surface area contributed by atoms with Crippen molar-refractivity contribution >= 4 is 66.6 Å². The van der Waals surface area contributed by atoms with Crippen LogP contribution in [0.15, 0.2) is 64.9 Å². The highest BCUT2D eigenvalue weighted by atomic mass is 35.5. The van der Waals surface area contributed by atoms with Gasteiger partial charge in [-0.1, -0.05) is 35.9 Å². The molecule has 2 amide bonds. The van der Waals surface area contributed by atoms with Gasteiger partial charge in [0.25, 0.3) is 15.9 Å². The molecule has 0 spiro atoms. The second-order valence-electron chi connectivity index (χ2n) is 10.5. The van der Waals surface area contributed by atoms with E-state index < -0.39 is 49.3 Å². The molecular weight excluding hydrogens is 627 g/mol. The second-order valence-corrected chi connectivity index (χ2v) is 15.9. The van der Waals surface area contributed by atoms with Gasteiger partial charge >= 0.3 is 6.09 Å². The number of amides is 2. The first-order valence-electron chi connectivity index (χ1n) is 12.6. The summed E-state index contributed by atoms with van der Waals surface area (Å²) in [5.74, 6) is -1.65. The van der Waals surface area contributed by atoms with Gasteiger partial charge in [-0.2, -0.15) is 4.31 Å². The molecule has 0 bridgehead atoms. The number of benzene rings is 2. The Labute approximate surface area is 253 Å². The molecule has 14 heteroatoms. The zero-order chi connectivity index (χ0) is 31.0. The van der Waals surface area contributed by atoms with Crippen LogP contribution >= 0.6 is 22.9 Å². The SMILES string of the molecule is CC(C)(C)OC(=O)N([C@H]1CCN(c2ccc(-c3ccccc3S(C)(=O)=O)cc2F)C1=O)S(=O)(=O)C=Cc1ccc(Cl)s1. The van der Waals surface area contributed by atoms with Crippen LogP contribution in [-0.4, -0.2) is 57.6 Å². The van der Waals surface area contributed by atoms with E-state index >= 15 is 4.39 Å². The Morgan fingerprint density at radius 2 is 1.81 bits per heavy atom. The van der Waals surface area contributed by atoms with Crippen LogP contribution in [0.4, 0.5) is 14.9 Å². The first-order chi connectivity index (χ1) is 19.5. The van der Waals surface area contributed by atoms with Crippen molar-refractivity contribution in [2.24, 2.45) is 0 Å². The summed E-state index contributed by atoms with van der Waals surface area (Å²) < 4.78 is 72.9. The van der Waals surface area contributed by atoms with Crippen molar-refractivity contribution in [3.05, 3.63) is 75.0 Å². The Bertz CT molecular complexity index is 1780. The van der Waals surface area contributed by atoms with Crippen molar-refractivity contribution < 1.29 is 35.6 Å². The largest absolute Gasteiger partial charge is 0.443 e. The van der Waals surface area contributed by atoms with Gasteiger partial charge in [0.1, 0.15) is 17.5 Å². The molecule has 2 heterocycles. The lowest BCUT2D eigenvalue weighted by Gasteiger charge is -2.29. The number of carbonyl (C=O) groups excluding carboxylic acids is 2. The normalized spacial score (nSPS) is 16.3. The van der Waals surface area contributed by atoms with Crippen molar-refractivity contribution in [1.29, 1.82) is 0 Å². The number of hydrogen-bond acceptors (Lipinski definition) is 8. The summed E-state index contributed by atoms with van der Waals surface area (Å²) in [5, 5.41) is 0.795. The highest BCUT2D eigenvalue weighted by molar-refractivity contribution is 7.92. The molecule has 0 saturated carbocycles. The van der Waals surface area contributed by atoms with Crippen molar-refractivity contribution in [1.82, 2.24) is 4.31 Å². The predicted octanol–water partition coefficient (Wildman–Crippen LogP) is 5.95. The van der Waals surface area contributed by atoms with Gasteiger partial charge in [-0.25, -0.2) is 26.0 Å². The van der Waals surface area contributed by atoms with Crippen LogP contribution in [-0.2, 0) is 29.4 Å². The number of rotatable bonds is 7. The van der Waals surface area contributed by atoms with Gasteiger partial charge in [-0.3, -0.25) is 4.79 Å². The molecule has 0 N–H and O–H groups in total. The van der Waals surface area contributed by atoms with E-state index in [0.717, 1.165) is 34.0 Å². The van der Waals surface area contributed by atoms with E-state index in [4.69, 9.17) is 16.3 Å². The number of hydrogen-bond donors (Lipinski definition) is 0. The summed E-state index contributed by atoms with van der Waals surface area (Å²) in [6.45, 7) is 4.58. The minimum Gasteiger partial charge on any atom is -0.443 e.